The molecule has 0 spiro atoms. The van der Waals surface area contributed by atoms with E-state index in [1.54, 1.807) is 18.3 Å². The van der Waals surface area contributed by atoms with Gasteiger partial charge in [-0.25, -0.2) is 4.98 Å². The van der Waals surface area contributed by atoms with Crippen LogP contribution in [0, 0.1) is 0 Å². The van der Waals surface area contributed by atoms with Gasteiger partial charge in [-0.2, -0.15) is 0 Å². The van der Waals surface area contributed by atoms with E-state index in [1.807, 2.05) is 25.1 Å². The molecule has 2 N–H and O–H groups in total. The van der Waals surface area contributed by atoms with E-state index in [-0.39, 0.29) is 17.1 Å². The van der Waals surface area contributed by atoms with Crippen LogP contribution in [0.3, 0.4) is 0 Å². The molecule has 2 amide bonds. The zero-order chi connectivity index (χ0) is 18.1. The molecule has 1 saturated heterocycles. The van der Waals surface area contributed by atoms with E-state index < -0.39 is 0 Å². The first-order valence-corrected chi connectivity index (χ1v) is 9.62. The van der Waals surface area contributed by atoms with Gasteiger partial charge in [0.1, 0.15) is 5.82 Å². The van der Waals surface area contributed by atoms with Gasteiger partial charge < -0.3 is 15.5 Å². The third-order valence-electron chi connectivity index (χ3n) is 4.63. The van der Waals surface area contributed by atoms with Crippen molar-refractivity contribution in [3.05, 3.63) is 42.1 Å². The lowest BCUT2D eigenvalue weighted by Crippen LogP contribution is -2.26. The third kappa shape index (κ3) is 3.39. The van der Waals surface area contributed by atoms with Crippen molar-refractivity contribution in [2.75, 3.05) is 28.6 Å². The number of nitrogens with one attached hydrogen (secondary N) is 2. The van der Waals surface area contributed by atoms with Crippen LogP contribution in [0.4, 0.5) is 17.2 Å². The summed E-state index contributed by atoms with van der Waals surface area (Å²) in [7, 11) is 0. The normalized spacial score (nSPS) is 19.0. The molecule has 0 aliphatic carbocycles. The molecule has 6 nitrogen and oxygen atoms in total. The van der Waals surface area contributed by atoms with Gasteiger partial charge in [0.25, 0.3) is 5.91 Å². The van der Waals surface area contributed by atoms with Gasteiger partial charge in [0.05, 0.1) is 22.8 Å². The maximum absolute atomic E-state index is 12.5. The molecule has 0 radical (unpaired) electrons. The van der Waals surface area contributed by atoms with Gasteiger partial charge in [0.15, 0.2) is 0 Å². The third-order valence-corrected chi connectivity index (χ3v) is 5.81. The Morgan fingerprint density at radius 2 is 2.08 bits per heavy atom. The van der Waals surface area contributed by atoms with Crippen LogP contribution in [0.1, 0.15) is 30.1 Å². The van der Waals surface area contributed by atoms with Crippen LogP contribution in [0.25, 0.3) is 0 Å². The van der Waals surface area contributed by atoms with Crippen molar-refractivity contribution in [3.8, 4) is 0 Å². The average Bonchev–Trinajstić information content (AvgIpc) is 3.17. The van der Waals surface area contributed by atoms with Crippen LogP contribution in [-0.2, 0) is 4.79 Å². The van der Waals surface area contributed by atoms with Gasteiger partial charge >= 0.3 is 0 Å². The van der Waals surface area contributed by atoms with Crippen molar-refractivity contribution < 1.29 is 9.59 Å². The van der Waals surface area contributed by atoms with Crippen LogP contribution in [0.5, 0.6) is 0 Å². The topological polar surface area (TPSA) is 74.3 Å². The molecule has 1 atom stereocenters. The molecule has 2 aliphatic heterocycles. The molecule has 1 fully saturated rings. The summed E-state index contributed by atoms with van der Waals surface area (Å²) < 4.78 is 0. The molecule has 0 saturated carbocycles. The highest BCUT2D eigenvalue weighted by Crippen LogP contribution is 2.36. The maximum Gasteiger partial charge on any atom is 0.256 e. The number of carbonyl (C=O) groups excluding carboxylic acids is 2. The number of amides is 2. The Morgan fingerprint density at radius 3 is 2.81 bits per heavy atom. The first-order chi connectivity index (χ1) is 12.6. The summed E-state index contributed by atoms with van der Waals surface area (Å²) in [6, 6.07) is 9.15. The van der Waals surface area contributed by atoms with Crippen molar-refractivity contribution >= 4 is 40.8 Å². The fourth-order valence-corrected chi connectivity index (χ4v) is 4.09. The zero-order valence-electron chi connectivity index (χ0n) is 14.5. The molecule has 0 unspecified atom stereocenters. The van der Waals surface area contributed by atoms with Crippen LogP contribution in [0.15, 0.2) is 41.4 Å². The number of hydrogen-bond donors (Lipinski definition) is 2. The van der Waals surface area contributed by atoms with Crippen molar-refractivity contribution in [2.45, 2.75) is 29.9 Å². The molecule has 134 valence electrons. The number of fused-ring (bicyclic) bond motifs is 1. The van der Waals surface area contributed by atoms with Crippen molar-refractivity contribution in [1.82, 2.24) is 4.98 Å². The predicted molar refractivity (Wildman–Crippen MR) is 104 cm³/mol. The summed E-state index contributed by atoms with van der Waals surface area (Å²) in [5, 5.41) is 5.54. The largest absolute Gasteiger partial charge is 0.370 e. The summed E-state index contributed by atoms with van der Waals surface area (Å²) in [4.78, 5) is 31.9. The number of rotatable bonds is 3. The molecule has 2 aliphatic rings. The summed E-state index contributed by atoms with van der Waals surface area (Å²) in [6.07, 6.45) is 4.22. The second-order valence-corrected chi connectivity index (χ2v) is 7.89. The number of anilines is 3. The summed E-state index contributed by atoms with van der Waals surface area (Å²) in [5.41, 5.74) is 2.26. The van der Waals surface area contributed by atoms with Gasteiger partial charge in [-0.1, -0.05) is 0 Å². The quantitative estimate of drug-likeness (QED) is 0.869. The van der Waals surface area contributed by atoms with E-state index in [2.05, 4.69) is 20.5 Å². The van der Waals surface area contributed by atoms with Crippen molar-refractivity contribution in [3.63, 3.8) is 0 Å². The lowest BCUT2D eigenvalue weighted by atomic mass is 10.1. The van der Waals surface area contributed by atoms with Crippen LogP contribution < -0.4 is 15.5 Å². The van der Waals surface area contributed by atoms with E-state index in [0.717, 1.165) is 23.7 Å². The van der Waals surface area contributed by atoms with Crippen LogP contribution in [-0.4, -0.2) is 35.1 Å². The average molecular weight is 368 g/mol. The number of hydrogen-bond acceptors (Lipinski definition) is 5. The maximum atomic E-state index is 12.5. The minimum atomic E-state index is -0.243. The molecule has 3 heterocycles. The highest BCUT2D eigenvalue weighted by atomic mass is 32.2. The smallest absolute Gasteiger partial charge is 0.256 e. The molecule has 2 aromatic rings. The fourth-order valence-electron chi connectivity index (χ4n) is 3.16. The Hall–Kier alpha value is -2.54. The lowest BCUT2D eigenvalue weighted by Gasteiger charge is -2.21. The second-order valence-electron chi connectivity index (χ2n) is 6.51. The molecule has 1 aromatic heterocycles. The number of carbonyl (C=O) groups is 2. The van der Waals surface area contributed by atoms with E-state index in [0.29, 0.717) is 17.1 Å². The summed E-state index contributed by atoms with van der Waals surface area (Å²) >= 11 is 1.50. The molecule has 26 heavy (non-hydrogen) atoms. The predicted octanol–water partition coefficient (Wildman–Crippen LogP) is 3.37. The van der Waals surface area contributed by atoms with Crippen LogP contribution >= 0.6 is 11.8 Å². The first-order valence-electron chi connectivity index (χ1n) is 8.74. The molecular formula is C19H20N4O2S. The Morgan fingerprint density at radius 1 is 1.27 bits per heavy atom. The Balaban J connectivity index is 1.46. The Labute approximate surface area is 156 Å². The first kappa shape index (κ1) is 16.9. The number of benzene rings is 1. The number of aromatic nitrogens is 1. The van der Waals surface area contributed by atoms with Crippen molar-refractivity contribution in [2.24, 2.45) is 0 Å². The van der Waals surface area contributed by atoms with Gasteiger partial charge in [-0.3, -0.25) is 9.59 Å². The highest BCUT2D eigenvalue weighted by Gasteiger charge is 2.23. The monoisotopic (exact) mass is 368 g/mol. The molecule has 7 heteroatoms. The summed E-state index contributed by atoms with van der Waals surface area (Å²) in [6.45, 7) is 3.98. The SMILES string of the molecule is C[C@@H]1Sc2ccc(C(=O)Nc3ccc(N4CCCC4)cn3)cc2NC1=O. The zero-order valence-corrected chi connectivity index (χ0v) is 15.3. The van der Waals surface area contributed by atoms with E-state index in [1.165, 1.54) is 24.6 Å². The van der Waals surface area contributed by atoms with E-state index in [4.69, 9.17) is 0 Å². The van der Waals surface area contributed by atoms with Gasteiger partial charge in [-0.15, -0.1) is 11.8 Å². The minimum Gasteiger partial charge on any atom is -0.370 e. The molecular weight excluding hydrogens is 348 g/mol. The number of pyridine rings is 1. The number of thioether (sulfide) groups is 1. The standard InChI is InChI=1S/C19H20N4O2S/c1-12-18(24)21-15-10-13(4-6-16(15)26-12)19(25)22-17-7-5-14(11-20-17)23-8-2-3-9-23/h4-7,10-12H,2-3,8-9H2,1H3,(H,21,24)(H,20,22,25)/t12-/m0/s1. The lowest BCUT2D eigenvalue weighted by molar-refractivity contribution is -0.115. The van der Waals surface area contributed by atoms with E-state index >= 15 is 0 Å². The van der Waals surface area contributed by atoms with Gasteiger partial charge in [0, 0.05) is 23.5 Å². The van der Waals surface area contributed by atoms with Gasteiger partial charge in [-0.05, 0) is 50.1 Å². The van der Waals surface area contributed by atoms with Crippen molar-refractivity contribution in [1.29, 1.82) is 0 Å². The molecule has 0 bridgehead atoms. The second kappa shape index (κ2) is 6.99. The van der Waals surface area contributed by atoms with E-state index in [9.17, 15) is 9.59 Å². The van der Waals surface area contributed by atoms with Gasteiger partial charge in [0.2, 0.25) is 5.91 Å². The summed E-state index contributed by atoms with van der Waals surface area (Å²) in [5.74, 6) is 0.231. The Bertz CT molecular complexity index is 847. The molecule has 4 rings (SSSR count). The Kier molecular flexibility index (Phi) is 4.55. The van der Waals surface area contributed by atoms with Crippen LogP contribution in [0.2, 0.25) is 0 Å². The highest BCUT2D eigenvalue weighted by molar-refractivity contribution is 8.00. The fraction of sp³-hybridized carbons (Fsp3) is 0.316. The number of nitrogens with zero attached hydrogens (tertiary/aromatic N) is 2. The molecule has 1 aromatic carbocycles. The minimum absolute atomic E-state index is 0.0424.